The number of amides is 2. The lowest BCUT2D eigenvalue weighted by molar-refractivity contribution is -0.153. The van der Waals surface area contributed by atoms with E-state index in [1.54, 1.807) is 29.2 Å². The number of aromatic hydroxyl groups is 1. The second-order valence-electron chi connectivity index (χ2n) is 8.34. The van der Waals surface area contributed by atoms with Crippen LogP contribution in [0.25, 0.3) is 5.69 Å². The first-order chi connectivity index (χ1) is 15.6. The highest BCUT2D eigenvalue weighted by molar-refractivity contribution is 5.97. The number of phenolic OH excluding ortho intramolecular Hbond substituents is 1. The number of nitrogens with one attached hydrogen (secondary N) is 1. The molecular weight excluding hydrogens is 406 g/mol. The first-order valence-corrected chi connectivity index (χ1v) is 10.8. The first-order valence-electron chi connectivity index (χ1n) is 10.8. The molecule has 8 nitrogen and oxygen atoms in total. The van der Waals surface area contributed by atoms with Gasteiger partial charge in [-0.05, 0) is 29.8 Å². The van der Waals surface area contributed by atoms with Crippen molar-refractivity contribution in [3.8, 4) is 11.4 Å². The van der Waals surface area contributed by atoms with Crippen LogP contribution >= 0.6 is 0 Å². The van der Waals surface area contributed by atoms with Gasteiger partial charge in [-0.15, -0.1) is 0 Å². The van der Waals surface area contributed by atoms with Crippen molar-refractivity contribution in [1.29, 1.82) is 0 Å². The number of para-hydroxylation sites is 1. The lowest BCUT2D eigenvalue weighted by atomic mass is 9.98. The van der Waals surface area contributed by atoms with Crippen LogP contribution in [0.5, 0.6) is 5.75 Å². The van der Waals surface area contributed by atoms with Crippen molar-refractivity contribution >= 4 is 11.8 Å². The minimum atomic E-state index is -0.570. The summed E-state index contributed by atoms with van der Waals surface area (Å²) in [5.41, 5.74) is 2.96. The summed E-state index contributed by atoms with van der Waals surface area (Å²) in [4.78, 5) is 29.8. The Hall–Kier alpha value is -3.65. The standard InChI is InChI=1S/C24H25N5O3/c30-20-8-6-17(7-9-20)12-21-24(32)28-11-10-27(16-22(28)23(31)26-21)14-18-13-25-29(15-18)19-4-2-1-3-5-19/h1-9,13,15,21-22,30H,10-12,14,16H2,(H,26,31)/t21-,22-/m1/s1. The molecule has 5 rings (SSSR count). The third-order valence-electron chi connectivity index (χ3n) is 6.10. The Morgan fingerprint density at radius 1 is 1.00 bits per heavy atom. The zero-order valence-corrected chi connectivity index (χ0v) is 17.6. The van der Waals surface area contributed by atoms with Crippen molar-refractivity contribution in [2.75, 3.05) is 19.6 Å². The molecule has 8 heteroatoms. The highest BCUT2D eigenvalue weighted by atomic mass is 16.3. The van der Waals surface area contributed by atoms with Crippen molar-refractivity contribution in [2.45, 2.75) is 25.0 Å². The minimum absolute atomic E-state index is 0.0424. The van der Waals surface area contributed by atoms with E-state index in [0.717, 1.165) is 16.8 Å². The molecule has 2 fully saturated rings. The lowest BCUT2D eigenvalue weighted by Crippen LogP contribution is -2.69. The van der Waals surface area contributed by atoms with Crippen LogP contribution in [0.15, 0.2) is 67.0 Å². The topological polar surface area (TPSA) is 90.7 Å². The Bertz CT molecular complexity index is 1110. The van der Waals surface area contributed by atoms with Crippen molar-refractivity contribution in [1.82, 2.24) is 24.9 Å². The van der Waals surface area contributed by atoms with Gasteiger partial charge in [0, 0.05) is 44.4 Å². The van der Waals surface area contributed by atoms with Crippen LogP contribution in [-0.2, 0) is 22.6 Å². The van der Waals surface area contributed by atoms with Gasteiger partial charge >= 0.3 is 0 Å². The number of carbonyl (C=O) groups is 2. The normalized spacial score (nSPS) is 21.3. The highest BCUT2D eigenvalue weighted by Crippen LogP contribution is 2.21. The van der Waals surface area contributed by atoms with Crippen molar-refractivity contribution in [2.24, 2.45) is 0 Å². The molecule has 164 valence electrons. The maximum absolute atomic E-state index is 13.0. The molecule has 2 saturated heterocycles. The van der Waals surface area contributed by atoms with Crippen LogP contribution in [-0.4, -0.2) is 68.2 Å². The predicted molar refractivity (Wildman–Crippen MR) is 118 cm³/mol. The Labute approximate surface area is 186 Å². The van der Waals surface area contributed by atoms with E-state index < -0.39 is 12.1 Å². The molecule has 0 radical (unpaired) electrons. The van der Waals surface area contributed by atoms with Crippen LogP contribution in [0.3, 0.4) is 0 Å². The number of fused-ring (bicyclic) bond motifs is 1. The number of phenols is 1. The molecule has 2 aliphatic heterocycles. The average Bonchev–Trinajstić information content (AvgIpc) is 3.28. The van der Waals surface area contributed by atoms with Gasteiger partial charge in [0.25, 0.3) is 0 Å². The quantitative estimate of drug-likeness (QED) is 0.636. The van der Waals surface area contributed by atoms with E-state index >= 15 is 0 Å². The molecule has 2 amide bonds. The van der Waals surface area contributed by atoms with Crippen LogP contribution in [0.1, 0.15) is 11.1 Å². The third-order valence-corrected chi connectivity index (χ3v) is 6.10. The molecule has 0 bridgehead atoms. The molecule has 1 aromatic heterocycles. The van der Waals surface area contributed by atoms with Crippen LogP contribution in [0.2, 0.25) is 0 Å². The summed E-state index contributed by atoms with van der Waals surface area (Å²) in [5, 5.41) is 16.8. The predicted octanol–water partition coefficient (Wildman–Crippen LogP) is 1.33. The van der Waals surface area contributed by atoms with Crippen LogP contribution in [0, 0.1) is 0 Å². The minimum Gasteiger partial charge on any atom is -0.508 e. The number of hydrogen-bond acceptors (Lipinski definition) is 5. The molecule has 2 N–H and O–H groups in total. The summed E-state index contributed by atoms with van der Waals surface area (Å²) < 4.78 is 1.84. The third kappa shape index (κ3) is 4.09. The molecule has 3 aromatic rings. The second-order valence-corrected chi connectivity index (χ2v) is 8.34. The van der Waals surface area contributed by atoms with Crippen LogP contribution < -0.4 is 5.32 Å². The fourth-order valence-electron chi connectivity index (χ4n) is 4.43. The number of carbonyl (C=O) groups excluding carboxylic acids is 2. The number of piperazine rings is 2. The smallest absolute Gasteiger partial charge is 0.246 e. The van der Waals surface area contributed by atoms with Crippen molar-refractivity contribution < 1.29 is 14.7 Å². The molecule has 2 aliphatic rings. The van der Waals surface area contributed by atoms with Gasteiger partial charge in [-0.3, -0.25) is 14.5 Å². The molecule has 3 heterocycles. The fraction of sp³-hybridized carbons (Fsp3) is 0.292. The summed E-state index contributed by atoms with van der Waals surface area (Å²) in [6, 6.07) is 15.6. The van der Waals surface area contributed by atoms with Gasteiger partial charge in [-0.1, -0.05) is 30.3 Å². The Morgan fingerprint density at radius 2 is 1.78 bits per heavy atom. The van der Waals surface area contributed by atoms with Gasteiger partial charge < -0.3 is 15.3 Å². The number of aromatic nitrogens is 2. The fourth-order valence-corrected chi connectivity index (χ4v) is 4.43. The monoisotopic (exact) mass is 431 g/mol. The zero-order chi connectivity index (χ0) is 22.1. The van der Waals surface area contributed by atoms with Crippen LogP contribution in [0.4, 0.5) is 0 Å². The van der Waals surface area contributed by atoms with E-state index in [9.17, 15) is 14.7 Å². The molecule has 0 spiro atoms. The van der Waals surface area contributed by atoms with Gasteiger partial charge in [-0.25, -0.2) is 4.68 Å². The van der Waals surface area contributed by atoms with E-state index in [0.29, 0.717) is 32.6 Å². The number of nitrogens with zero attached hydrogens (tertiary/aromatic N) is 4. The number of hydrogen-bond donors (Lipinski definition) is 2. The Morgan fingerprint density at radius 3 is 2.56 bits per heavy atom. The largest absolute Gasteiger partial charge is 0.508 e. The summed E-state index contributed by atoms with van der Waals surface area (Å²) in [5.74, 6) is 0.0236. The summed E-state index contributed by atoms with van der Waals surface area (Å²) in [6.45, 7) is 2.41. The molecule has 2 aromatic carbocycles. The Kier molecular flexibility index (Phi) is 5.36. The first kappa shape index (κ1) is 20.3. The van der Waals surface area contributed by atoms with Gasteiger partial charge in [0.15, 0.2) is 0 Å². The van der Waals surface area contributed by atoms with Gasteiger partial charge in [-0.2, -0.15) is 5.10 Å². The zero-order valence-electron chi connectivity index (χ0n) is 17.6. The molecular formula is C24H25N5O3. The highest BCUT2D eigenvalue weighted by Gasteiger charge is 2.43. The van der Waals surface area contributed by atoms with Crippen molar-refractivity contribution in [3.05, 3.63) is 78.1 Å². The van der Waals surface area contributed by atoms with Crippen molar-refractivity contribution in [3.63, 3.8) is 0 Å². The number of benzene rings is 2. The SMILES string of the molecule is O=C1N[C@H](Cc2ccc(O)cc2)C(=O)N2CCN(Cc3cnn(-c4ccccc4)c3)C[C@H]12. The molecule has 0 unspecified atom stereocenters. The molecule has 32 heavy (non-hydrogen) atoms. The summed E-state index contributed by atoms with van der Waals surface area (Å²) in [7, 11) is 0. The molecule has 0 aliphatic carbocycles. The summed E-state index contributed by atoms with van der Waals surface area (Å²) >= 11 is 0. The lowest BCUT2D eigenvalue weighted by Gasteiger charge is -2.45. The summed E-state index contributed by atoms with van der Waals surface area (Å²) in [6.07, 6.45) is 4.26. The van der Waals surface area contributed by atoms with E-state index in [4.69, 9.17) is 0 Å². The molecule has 2 atom stereocenters. The van der Waals surface area contributed by atoms with E-state index in [-0.39, 0.29) is 17.6 Å². The maximum atomic E-state index is 13.0. The second kappa shape index (κ2) is 8.47. The number of rotatable bonds is 5. The Balaban J connectivity index is 1.22. The average molecular weight is 431 g/mol. The van der Waals surface area contributed by atoms with Gasteiger partial charge in [0.2, 0.25) is 11.8 Å². The maximum Gasteiger partial charge on any atom is 0.246 e. The van der Waals surface area contributed by atoms with Gasteiger partial charge in [0.1, 0.15) is 17.8 Å². The van der Waals surface area contributed by atoms with Gasteiger partial charge in [0.05, 0.1) is 11.9 Å². The van der Waals surface area contributed by atoms with E-state index in [1.165, 1.54) is 0 Å². The van der Waals surface area contributed by atoms with E-state index in [2.05, 4.69) is 15.3 Å². The molecule has 0 saturated carbocycles. The van der Waals surface area contributed by atoms with E-state index in [1.807, 2.05) is 47.4 Å².